The van der Waals surface area contributed by atoms with Crippen LogP contribution in [0.1, 0.15) is 33.3 Å². The van der Waals surface area contributed by atoms with Gasteiger partial charge in [0, 0.05) is 32.2 Å². The molecule has 1 aromatic carbocycles. The van der Waals surface area contributed by atoms with Crippen LogP contribution in [0.4, 0.5) is 4.79 Å². The Morgan fingerprint density at radius 3 is 2.52 bits per heavy atom. The van der Waals surface area contributed by atoms with Gasteiger partial charge in [0.1, 0.15) is 5.60 Å². The van der Waals surface area contributed by atoms with Crippen LogP contribution in [-0.2, 0) is 11.3 Å². The molecule has 0 aliphatic rings. The fourth-order valence-electron chi connectivity index (χ4n) is 2.10. The summed E-state index contributed by atoms with van der Waals surface area (Å²) >= 11 is 0. The first kappa shape index (κ1) is 19.5. The minimum atomic E-state index is -0.457. The number of hydrogen-bond donors (Lipinski definition) is 2. The molecule has 1 atom stereocenters. The Morgan fingerprint density at radius 2 is 1.91 bits per heavy atom. The number of rotatable bonds is 8. The van der Waals surface area contributed by atoms with Crippen LogP contribution in [0.3, 0.4) is 0 Å². The van der Waals surface area contributed by atoms with Crippen LogP contribution in [0.15, 0.2) is 30.3 Å². The predicted molar refractivity (Wildman–Crippen MR) is 94.5 cm³/mol. The van der Waals surface area contributed by atoms with E-state index in [0.717, 1.165) is 19.6 Å². The molecule has 0 aliphatic heterocycles. The lowest BCUT2D eigenvalue weighted by atomic mass is 10.2. The number of nitrogens with zero attached hydrogens (tertiary/aromatic N) is 1. The first-order valence-electron chi connectivity index (χ1n) is 8.19. The Balaban J connectivity index is 2.14. The second-order valence-corrected chi connectivity index (χ2v) is 6.96. The highest BCUT2D eigenvalue weighted by molar-refractivity contribution is 5.67. The molecule has 0 aromatic heterocycles. The molecular weight excluding hydrogens is 290 g/mol. The van der Waals surface area contributed by atoms with Crippen molar-refractivity contribution in [3.63, 3.8) is 0 Å². The lowest BCUT2D eigenvalue weighted by Gasteiger charge is -2.22. The molecule has 0 bridgehead atoms. The minimum Gasteiger partial charge on any atom is -0.444 e. The van der Waals surface area contributed by atoms with E-state index in [1.807, 2.05) is 26.8 Å². The highest BCUT2D eigenvalue weighted by atomic mass is 16.6. The number of carbonyl (C=O) groups is 1. The molecule has 5 heteroatoms. The van der Waals surface area contributed by atoms with E-state index in [1.165, 1.54) is 5.56 Å². The van der Waals surface area contributed by atoms with Gasteiger partial charge in [0.2, 0.25) is 0 Å². The van der Waals surface area contributed by atoms with E-state index in [1.54, 1.807) is 0 Å². The van der Waals surface area contributed by atoms with Gasteiger partial charge in [-0.2, -0.15) is 0 Å². The van der Waals surface area contributed by atoms with Gasteiger partial charge in [-0.15, -0.1) is 0 Å². The van der Waals surface area contributed by atoms with E-state index in [4.69, 9.17) is 4.74 Å². The molecule has 1 rings (SSSR count). The van der Waals surface area contributed by atoms with Crippen molar-refractivity contribution in [1.82, 2.24) is 15.5 Å². The second kappa shape index (κ2) is 9.53. The van der Waals surface area contributed by atoms with Gasteiger partial charge < -0.3 is 20.3 Å². The summed E-state index contributed by atoms with van der Waals surface area (Å²) in [5, 5.41) is 6.19. The van der Waals surface area contributed by atoms with Crippen LogP contribution >= 0.6 is 0 Å². The molecule has 1 unspecified atom stereocenters. The van der Waals surface area contributed by atoms with Crippen LogP contribution in [0.25, 0.3) is 0 Å². The summed E-state index contributed by atoms with van der Waals surface area (Å²) in [6, 6.07) is 10.6. The maximum Gasteiger partial charge on any atom is 0.407 e. The third kappa shape index (κ3) is 9.92. The van der Waals surface area contributed by atoms with E-state index >= 15 is 0 Å². The first-order valence-corrected chi connectivity index (χ1v) is 8.19. The average Bonchev–Trinajstić information content (AvgIpc) is 2.44. The molecule has 0 spiro atoms. The molecule has 2 N–H and O–H groups in total. The van der Waals surface area contributed by atoms with Crippen molar-refractivity contribution in [2.45, 2.75) is 45.9 Å². The normalized spacial score (nSPS) is 13.0. The molecule has 0 aliphatic carbocycles. The zero-order valence-corrected chi connectivity index (χ0v) is 15.1. The van der Waals surface area contributed by atoms with E-state index < -0.39 is 5.60 Å². The monoisotopic (exact) mass is 321 g/mol. The third-order valence-electron chi connectivity index (χ3n) is 3.23. The van der Waals surface area contributed by atoms with Gasteiger partial charge in [-0.25, -0.2) is 4.79 Å². The second-order valence-electron chi connectivity index (χ2n) is 6.96. The first-order chi connectivity index (χ1) is 10.8. The fraction of sp³-hybridized carbons (Fsp3) is 0.611. The minimum absolute atomic E-state index is 0.202. The van der Waals surface area contributed by atoms with Crippen LogP contribution < -0.4 is 10.6 Å². The zero-order valence-electron chi connectivity index (χ0n) is 15.1. The molecule has 5 nitrogen and oxygen atoms in total. The van der Waals surface area contributed by atoms with Crippen molar-refractivity contribution in [2.24, 2.45) is 0 Å². The number of alkyl carbamates (subject to hydrolysis) is 1. The Labute approximate surface area is 140 Å². The average molecular weight is 321 g/mol. The zero-order chi connectivity index (χ0) is 17.3. The van der Waals surface area contributed by atoms with Gasteiger partial charge in [-0.3, -0.25) is 0 Å². The summed E-state index contributed by atoms with van der Waals surface area (Å²) in [6.45, 7) is 10.9. The highest BCUT2D eigenvalue weighted by Crippen LogP contribution is 2.06. The highest BCUT2D eigenvalue weighted by Gasteiger charge is 2.16. The van der Waals surface area contributed by atoms with E-state index in [9.17, 15) is 4.79 Å². The molecule has 0 saturated heterocycles. The summed E-state index contributed by atoms with van der Waals surface area (Å²) in [4.78, 5) is 13.9. The maximum atomic E-state index is 11.6. The lowest BCUT2D eigenvalue weighted by molar-refractivity contribution is 0.0523. The Hall–Kier alpha value is -1.59. The number of amides is 1. The maximum absolute atomic E-state index is 11.6. The van der Waals surface area contributed by atoms with E-state index in [2.05, 4.69) is 53.8 Å². The van der Waals surface area contributed by atoms with Gasteiger partial charge in [0.25, 0.3) is 0 Å². The summed E-state index contributed by atoms with van der Waals surface area (Å²) in [7, 11) is 2.11. The van der Waals surface area contributed by atoms with Crippen molar-refractivity contribution in [2.75, 3.05) is 26.7 Å². The van der Waals surface area contributed by atoms with Crippen LogP contribution in [0, 0.1) is 0 Å². The van der Waals surface area contributed by atoms with Crippen LogP contribution in [0.2, 0.25) is 0 Å². The van der Waals surface area contributed by atoms with Crippen molar-refractivity contribution in [3.8, 4) is 0 Å². The number of hydrogen-bond acceptors (Lipinski definition) is 4. The van der Waals surface area contributed by atoms with Crippen LogP contribution in [-0.4, -0.2) is 49.3 Å². The Kier molecular flexibility index (Phi) is 8.06. The Morgan fingerprint density at radius 1 is 1.26 bits per heavy atom. The number of benzene rings is 1. The molecule has 1 aromatic rings. The van der Waals surface area contributed by atoms with E-state index in [0.29, 0.717) is 6.54 Å². The fourth-order valence-corrected chi connectivity index (χ4v) is 2.10. The molecule has 0 radical (unpaired) electrons. The van der Waals surface area contributed by atoms with Crippen molar-refractivity contribution >= 4 is 6.09 Å². The molecule has 1 amide bonds. The molecule has 0 heterocycles. The van der Waals surface area contributed by atoms with Crippen molar-refractivity contribution < 1.29 is 9.53 Å². The summed E-state index contributed by atoms with van der Waals surface area (Å²) < 4.78 is 5.21. The Bertz CT molecular complexity index is 457. The van der Waals surface area contributed by atoms with Gasteiger partial charge in [0.05, 0.1) is 0 Å². The molecule has 23 heavy (non-hydrogen) atoms. The van der Waals surface area contributed by atoms with Crippen molar-refractivity contribution in [3.05, 3.63) is 35.9 Å². The molecule has 0 saturated carbocycles. The molecule has 130 valence electrons. The quantitative estimate of drug-likeness (QED) is 0.773. The standard InChI is InChI=1S/C18H31N3O2/c1-15(13-20-17(22)23-18(2,3)4)19-11-12-21(5)14-16-9-7-6-8-10-16/h6-10,15,19H,11-14H2,1-5H3,(H,20,22). The smallest absolute Gasteiger partial charge is 0.407 e. The topological polar surface area (TPSA) is 53.6 Å². The number of carbonyl (C=O) groups excluding carboxylic acids is 1. The largest absolute Gasteiger partial charge is 0.444 e. The van der Waals surface area contributed by atoms with Gasteiger partial charge in [0.15, 0.2) is 0 Å². The number of ether oxygens (including phenoxy) is 1. The van der Waals surface area contributed by atoms with Gasteiger partial charge in [-0.1, -0.05) is 30.3 Å². The van der Waals surface area contributed by atoms with Gasteiger partial charge in [-0.05, 0) is 40.3 Å². The number of nitrogens with one attached hydrogen (secondary N) is 2. The molecular formula is C18H31N3O2. The molecule has 0 fully saturated rings. The predicted octanol–water partition coefficient (Wildman–Crippen LogP) is 2.62. The summed E-state index contributed by atoms with van der Waals surface area (Å²) in [5.74, 6) is 0. The summed E-state index contributed by atoms with van der Waals surface area (Å²) in [5.41, 5.74) is 0.857. The van der Waals surface area contributed by atoms with E-state index in [-0.39, 0.29) is 12.1 Å². The third-order valence-corrected chi connectivity index (χ3v) is 3.23. The van der Waals surface area contributed by atoms with Gasteiger partial charge >= 0.3 is 6.09 Å². The SMILES string of the molecule is CC(CNC(=O)OC(C)(C)C)NCCN(C)Cc1ccccc1. The summed E-state index contributed by atoms with van der Waals surface area (Å²) in [6.07, 6.45) is -0.368. The number of likely N-dealkylation sites (N-methyl/N-ethyl adjacent to an activating group) is 1. The van der Waals surface area contributed by atoms with Crippen molar-refractivity contribution in [1.29, 1.82) is 0 Å². The lowest BCUT2D eigenvalue weighted by Crippen LogP contribution is -2.43. The van der Waals surface area contributed by atoms with Crippen LogP contribution in [0.5, 0.6) is 0 Å².